The van der Waals surface area contributed by atoms with Crippen molar-refractivity contribution in [3.8, 4) is 0 Å². The van der Waals surface area contributed by atoms with Crippen LogP contribution < -0.4 is 0 Å². The maximum Gasteiger partial charge on any atom is 0.00864 e. The highest BCUT2D eigenvalue weighted by atomic mass is 14.4. The van der Waals surface area contributed by atoms with Crippen LogP contribution in [0.25, 0.3) is 0 Å². The highest BCUT2D eigenvalue weighted by Gasteiger charge is 1.86. The molecule has 0 unspecified atom stereocenters. The molecule has 7 heavy (non-hydrogen) atoms. The molecule has 0 bridgehead atoms. The second kappa shape index (κ2) is 3.85. The lowest BCUT2D eigenvalue weighted by atomic mass is 10.2. The smallest absolute Gasteiger partial charge is 0.00864 e. The third kappa shape index (κ3) is 3.50. The molecular formula is C6H12N. The van der Waals surface area contributed by atoms with Crippen molar-refractivity contribution in [2.45, 2.75) is 26.2 Å². The van der Waals surface area contributed by atoms with Crippen molar-refractivity contribution in [3.05, 3.63) is 6.92 Å². The Bertz CT molecular complexity index is 57.2. The fraction of sp³-hybridized carbons (Fsp3) is 0.667. The molecule has 0 aromatic rings. The molecule has 0 aliphatic carbocycles. The minimum atomic E-state index is 0.815. The molecule has 0 atom stereocenters. The molecule has 0 rings (SSSR count). The van der Waals surface area contributed by atoms with Gasteiger partial charge in [0.15, 0.2) is 0 Å². The first-order chi connectivity index (χ1) is 3.31. The van der Waals surface area contributed by atoms with E-state index in [4.69, 9.17) is 5.41 Å². The lowest BCUT2D eigenvalue weighted by molar-refractivity contribution is 1.03. The molecular weight excluding hydrogens is 86.1 g/mol. The SMILES string of the molecule is [CH2]CCC(=N)CC. The van der Waals surface area contributed by atoms with Crippen molar-refractivity contribution < 1.29 is 0 Å². The maximum atomic E-state index is 7.10. The number of hydrogen-bond donors (Lipinski definition) is 1. The van der Waals surface area contributed by atoms with Crippen LogP contribution in [0.3, 0.4) is 0 Å². The van der Waals surface area contributed by atoms with Crippen LogP contribution in [0.5, 0.6) is 0 Å². The number of rotatable bonds is 3. The van der Waals surface area contributed by atoms with Crippen molar-refractivity contribution in [2.75, 3.05) is 0 Å². The second-order valence-electron chi connectivity index (χ2n) is 1.56. The van der Waals surface area contributed by atoms with Gasteiger partial charge in [-0.15, -0.1) is 0 Å². The summed E-state index contributed by atoms with van der Waals surface area (Å²) in [7, 11) is 0. The first-order valence-electron chi connectivity index (χ1n) is 2.66. The summed E-state index contributed by atoms with van der Waals surface area (Å²) >= 11 is 0. The van der Waals surface area contributed by atoms with Gasteiger partial charge in [0.2, 0.25) is 0 Å². The van der Waals surface area contributed by atoms with E-state index < -0.39 is 0 Å². The van der Waals surface area contributed by atoms with Crippen LogP contribution in [-0.4, -0.2) is 5.71 Å². The summed E-state index contributed by atoms with van der Waals surface area (Å²) in [5.41, 5.74) is 0.815. The first-order valence-corrected chi connectivity index (χ1v) is 2.66. The monoisotopic (exact) mass is 98.1 g/mol. The molecule has 0 fully saturated rings. The maximum absolute atomic E-state index is 7.10. The van der Waals surface area contributed by atoms with E-state index in [0.717, 1.165) is 25.0 Å². The van der Waals surface area contributed by atoms with E-state index in [1.165, 1.54) is 0 Å². The van der Waals surface area contributed by atoms with Gasteiger partial charge in [0.1, 0.15) is 0 Å². The van der Waals surface area contributed by atoms with Gasteiger partial charge in [0.25, 0.3) is 0 Å². The van der Waals surface area contributed by atoms with Gasteiger partial charge in [-0.05, 0) is 19.3 Å². The zero-order chi connectivity index (χ0) is 5.70. The predicted molar refractivity (Wildman–Crippen MR) is 32.6 cm³/mol. The van der Waals surface area contributed by atoms with Crippen LogP contribution in [0.2, 0.25) is 0 Å². The molecule has 0 amide bonds. The third-order valence-corrected chi connectivity index (χ3v) is 0.905. The van der Waals surface area contributed by atoms with E-state index in [1.54, 1.807) is 0 Å². The zero-order valence-corrected chi connectivity index (χ0v) is 4.83. The van der Waals surface area contributed by atoms with E-state index in [9.17, 15) is 0 Å². The van der Waals surface area contributed by atoms with Crippen molar-refractivity contribution in [2.24, 2.45) is 0 Å². The highest BCUT2D eigenvalue weighted by molar-refractivity contribution is 5.80. The Balaban J connectivity index is 3.00. The molecule has 1 nitrogen and oxygen atoms in total. The van der Waals surface area contributed by atoms with E-state index >= 15 is 0 Å². The quantitative estimate of drug-likeness (QED) is 0.522. The summed E-state index contributed by atoms with van der Waals surface area (Å²) in [6.45, 7) is 5.63. The molecule has 0 aliphatic heterocycles. The molecule has 0 aromatic heterocycles. The Hall–Kier alpha value is -0.330. The van der Waals surface area contributed by atoms with Gasteiger partial charge in [0.05, 0.1) is 0 Å². The summed E-state index contributed by atoms with van der Waals surface area (Å²) in [6.07, 6.45) is 2.62. The van der Waals surface area contributed by atoms with E-state index in [1.807, 2.05) is 6.92 Å². The lowest BCUT2D eigenvalue weighted by Crippen LogP contribution is -1.90. The molecule has 0 saturated heterocycles. The molecule has 41 valence electrons. The molecule has 1 heteroatoms. The van der Waals surface area contributed by atoms with Crippen molar-refractivity contribution >= 4 is 5.71 Å². The normalized spacial score (nSPS) is 8.86. The largest absolute Gasteiger partial charge is 0.310 e. The van der Waals surface area contributed by atoms with E-state index in [-0.39, 0.29) is 0 Å². The van der Waals surface area contributed by atoms with Gasteiger partial charge >= 0.3 is 0 Å². The topological polar surface area (TPSA) is 23.9 Å². The minimum absolute atomic E-state index is 0.815. The van der Waals surface area contributed by atoms with Crippen molar-refractivity contribution in [1.82, 2.24) is 0 Å². The van der Waals surface area contributed by atoms with Crippen molar-refractivity contribution in [3.63, 3.8) is 0 Å². The summed E-state index contributed by atoms with van der Waals surface area (Å²) in [4.78, 5) is 0. The molecule has 1 N–H and O–H groups in total. The van der Waals surface area contributed by atoms with Crippen LogP contribution in [0, 0.1) is 12.3 Å². The Kier molecular flexibility index (Phi) is 3.67. The summed E-state index contributed by atoms with van der Waals surface area (Å²) in [5, 5.41) is 7.10. The molecule has 0 aliphatic rings. The van der Waals surface area contributed by atoms with Gasteiger partial charge in [-0.2, -0.15) is 0 Å². The lowest BCUT2D eigenvalue weighted by Gasteiger charge is -1.91. The van der Waals surface area contributed by atoms with E-state index in [2.05, 4.69) is 6.92 Å². The van der Waals surface area contributed by atoms with Gasteiger partial charge < -0.3 is 5.41 Å². The number of hydrogen-bond acceptors (Lipinski definition) is 1. The summed E-state index contributed by atoms with van der Waals surface area (Å²) in [6, 6.07) is 0. The second-order valence-corrected chi connectivity index (χ2v) is 1.56. The third-order valence-electron chi connectivity index (χ3n) is 0.905. The fourth-order valence-electron chi connectivity index (χ4n) is 0.390. The fourth-order valence-corrected chi connectivity index (χ4v) is 0.390. The van der Waals surface area contributed by atoms with Crippen LogP contribution in [0.1, 0.15) is 26.2 Å². The Morgan fingerprint density at radius 3 is 2.43 bits per heavy atom. The average Bonchev–Trinajstić information content (AvgIpc) is 1.68. The first kappa shape index (κ1) is 6.67. The van der Waals surface area contributed by atoms with Crippen molar-refractivity contribution in [1.29, 1.82) is 5.41 Å². The highest BCUT2D eigenvalue weighted by Crippen LogP contribution is 1.91. The van der Waals surface area contributed by atoms with Crippen LogP contribution in [-0.2, 0) is 0 Å². The molecule has 1 radical (unpaired) electrons. The summed E-state index contributed by atoms with van der Waals surface area (Å²) in [5.74, 6) is 0. The molecule has 0 aromatic carbocycles. The Morgan fingerprint density at radius 2 is 2.29 bits per heavy atom. The van der Waals surface area contributed by atoms with Gasteiger partial charge in [-0.1, -0.05) is 13.8 Å². The van der Waals surface area contributed by atoms with Gasteiger partial charge in [-0.25, -0.2) is 0 Å². The minimum Gasteiger partial charge on any atom is -0.310 e. The van der Waals surface area contributed by atoms with Gasteiger partial charge in [-0.3, -0.25) is 0 Å². The standard InChI is InChI=1S/C6H12N/c1-3-5-6(7)4-2/h7H,1,3-5H2,2H3. The van der Waals surface area contributed by atoms with Crippen LogP contribution in [0.15, 0.2) is 0 Å². The molecule has 0 saturated carbocycles. The number of nitrogens with one attached hydrogen (secondary N) is 1. The van der Waals surface area contributed by atoms with E-state index in [0.29, 0.717) is 0 Å². The van der Waals surface area contributed by atoms with Gasteiger partial charge in [0, 0.05) is 5.71 Å². The average molecular weight is 98.2 g/mol. The zero-order valence-electron chi connectivity index (χ0n) is 4.83. The Morgan fingerprint density at radius 1 is 1.71 bits per heavy atom. The van der Waals surface area contributed by atoms with Crippen LogP contribution in [0.4, 0.5) is 0 Å². The predicted octanol–water partition coefficient (Wildman–Crippen LogP) is 2.03. The summed E-state index contributed by atoms with van der Waals surface area (Å²) < 4.78 is 0. The Labute approximate surface area is 45.2 Å². The molecule has 0 spiro atoms. The van der Waals surface area contributed by atoms with Crippen LogP contribution >= 0.6 is 0 Å². The molecule has 0 heterocycles.